The number of fused-ring (bicyclic) bond motifs is 1. The number of piperazine rings is 1. The number of hydrazine groups is 1. The molecule has 2 aliphatic rings. The van der Waals surface area contributed by atoms with E-state index in [1.807, 2.05) is 4.90 Å². The number of anilines is 1. The number of halogens is 3. The van der Waals surface area contributed by atoms with Crippen LogP contribution in [-0.2, 0) is 6.18 Å². The summed E-state index contributed by atoms with van der Waals surface area (Å²) in [6.07, 6.45) is 0.0759. The Morgan fingerprint density at radius 3 is 2.45 bits per heavy atom. The van der Waals surface area contributed by atoms with Crippen LogP contribution in [0.1, 0.15) is 38.2 Å². The summed E-state index contributed by atoms with van der Waals surface area (Å²) in [5, 5.41) is 16.0. The third-order valence-corrected chi connectivity index (χ3v) is 7.90. The van der Waals surface area contributed by atoms with Crippen LogP contribution in [0.25, 0.3) is 10.1 Å². The maximum Gasteiger partial charge on any atom is 0.416 e. The molecule has 1 aromatic heterocycles. The molecule has 2 heterocycles. The summed E-state index contributed by atoms with van der Waals surface area (Å²) >= 11 is 0.894. The predicted molar refractivity (Wildman–Crippen MR) is 121 cm³/mol. The number of benzene rings is 1. The van der Waals surface area contributed by atoms with E-state index in [4.69, 9.17) is 0 Å². The van der Waals surface area contributed by atoms with E-state index in [1.54, 1.807) is 0 Å². The second-order valence-corrected chi connectivity index (χ2v) is 9.75. The first-order valence-corrected chi connectivity index (χ1v) is 11.8. The molecule has 0 radical (unpaired) electrons. The number of nitrogens with zero attached hydrogens (tertiary/aromatic N) is 5. The highest BCUT2D eigenvalue weighted by Gasteiger charge is 2.35. The summed E-state index contributed by atoms with van der Waals surface area (Å²) in [5.41, 5.74) is -2.84. The monoisotopic (exact) mass is 485 g/mol. The van der Waals surface area contributed by atoms with Crippen LogP contribution in [0.2, 0.25) is 0 Å². The lowest BCUT2D eigenvalue weighted by Crippen LogP contribution is -2.57. The van der Waals surface area contributed by atoms with Crippen LogP contribution in [0.4, 0.5) is 24.0 Å². The molecule has 1 aliphatic carbocycles. The van der Waals surface area contributed by atoms with Gasteiger partial charge in [0.25, 0.3) is 11.2 Å². The van der Waals surface area contributed by atoms with Gasteiger partial charge in [-0.15, -0.1) is 0 Å². The van der Waals surface area contributed by atoms with Gasteiger partial charge in [-0.2, -0.15) is 18.2 Å². The van der Waals surface area contributed by atoms with Crippen molar-refractivity contribution in [1.29, 1.82) is 0 Å². The van der Waals surface area contributed by atoms with Gasteiger partial charge >= 0.3 is 6.18 Å². The molecule has 8 nitrogen and oxygen atoms in total. The van der Waals surface area contributed by atoms with Gasteiger partial charge in [0.15, 0.2) is 5.13 Å². The third-order valence-electron chi connectivity index (χ3n) is 6.73. The minimum atomic E-state index is -4.80. The van der Waals surface area contributed by atoms with Crippen LogP contribution in [0, 0.1) is 16.0 Å². The SMILES string of the molecule is CC1CCCCC1N(C)N1CCN(c2nc(=O)c3cc(C(F)(F)F)cc([N+](=O)[O-])c3s2)CC1. The third kappa shape index (κ3) is 4.82. The van der Waals surface area contributed by atoms with E-state index < -0.39 is 27.9 Å². The number of nitro groups is 1. The van der Waals surface area contributed by atoms with Crippen molar-refractivity contribution < 1.29 is 18.1 Å². The molecular formula is C21H26F3N5O3S. The van der Waals surface area contributed by atoms with Crippen LogP contribution < -0.4 is 10.5 Å². The highest BCUT2D eigenvalue weighted by atomic mass is 32.1. The first-order valence-electron chi connectivity index (χ1n) is 11.0. The summed E-state index contributed by atoms with van der Waals surface area (Å²) in [7, 11) is 2.11. The first-order chi connectivity index (χ1) is 15.6. The van der Waals surface area contributed by atoms with E-state index in [2.05, 4.69) is 29.0 Å². The number of hydrogen-bond acceptors (Lipinski definition) is 8. The smallest absolute Gasteiger partial charge is 0.345 e. The number of alkyl halides is 3. The number of aromatic nitrogens is 1. The molecule has 2 unspecified atom stereocenters. The standard InChI is InChI=1S/C21H26F3N5O3S/c1-13-5-3-4-6-16(13)26(2)28-9-7-27(8-10-28)20-25-19(30)15-11-14(21(22,23)24)12-17(29(31)32)18(15)33-20/h11-13,16H,3-10H2,1-2H3. The minimum absolute atomic E-state index is 0.0846. The van der Waals surface area contributed by atoms with Gasteiger partial charge in [0.2, 0.25) is 0 Å². The van der Waals surface area contributed by atoms with E-state index in [9.17, 15) is 28.1 Å². The number of nitro benzene ring substituents is 1. The summed E-state index contributed by atoms with van der Waals surface area (Å²) in [4.78, 5) is 29.0. The Bertz CT molecular complexity index is 1100. The maximum atomic E-state index is 13.2. The van der Waals surface area contributed by atoms with E-state index in [0.717, 1.165) is 17.8 Å². The molecule has 0 spiro atoms. The topological polar surface area (TPSA) is 82.8 Å². The molecule has 0 N–H and O–H groups in total. The second kappa shape index (κ2) is 9.15. The number of rotatable bonds is 4. The average Bonchev–Trinajstić information content (AvgIpc) is 2.77. The zero-order chi connectivity index (χ0) is 23.9. The van der Waals surface area contributed by atoms with Crippen molar-refractivity contribution in [2.24, 2.45) is 5.92 Å². The molecule has 1 aromatic carbocycles. The van der Waals surface area contributed by atoms with Crippen molar-refractivity contribution >= 4 is 32.2 Å². The molecule has 0 bridgehead atoms. The zero-order valence-corrected chi connectivity index (χ0v) is 19.3. The molecule has 12 heteroatoms. The second-order valence-electron chi connectivity index (χ2n) is 8.77. The fraction of sp³-hybridized carbons (Fsp3) is 0.619. The highest BCUT2D eigenvalue weighted by molar-refractivity contribution is 7.22. The summed E-state index contributed by atoms with van der Waals surface area (Å²) in [6, 6.07) is 1.63. The van der Waals surface area contributed by atoms with Crippen LogP contribution in [0.5, 0.6) is 0 Å². The van der Waals surface area contributed by atoms with Gasteiger partial charge in [0.1, 0.15) is 4.70 Å². The van der Waals surface area contributed by atoms with Crippen molar-refractivity contribution in [3.05, 3.63) is 38.2 Å². The lowest BCUT2D eigenvalue weighted by atomic mass is 9.85. The lowest BCUT2D eigenvalue weighted by molar-refractivity contribution is -0.383. The Kier molecular flexibility index (Phi) is 6.61. The van der Waals surface area contributed by atoms with Gasteiger partial charge in [0.05, 0.1) is 15.9 Å². The average molecular weight is 486 g/mol. The highest BCUT2D eigenvalue weighted by Crippen LogP contribution is 2.38. The molecule has 2 fully saturated rings. The first kappa shape index (κ1) is 23.8. The Balaban J connectivity index is 1.58. The number of hydrogen-bond donors (Lipinski definition) is 0. The summed E-state index contributed by atoms with van der Waals surface area (Å²) < 4.78 is 39.4. The molecule has 33 heavy (non-hydrogen) atoms. The summed E-state index contributed by atoms with van der Waals surface area (Å²) in [5.74, 6) is 0.622. The molecule has 0 amide bonds. The van der Waals surface area contributed by atoms with Gasteiger partial charge in [-0.25, -0.2) is 10.0 Å². The van der Waals surface area contributed by atoms with Crippen molar-refractivity contribution in [3.8, 4) is 0 Å². The molecule has 180 valence electrons. The van der Waals surface area contributed by atoms with Gasteiger partial charge in [0, 0.05) is 45.3 Å². The fourth-order valence-electron chi connectivity index (χ4n) is 4.84. The molecule has 1 aliphatic heterocycles. The summed E-state index contributed by atoms with van der Waals surface area (Å²) in [6.45, 7) is 4.82. The zero-order valence-electron chi connectivity index (χ0n) is 18.5. The molecule has 4 rings (SSSR count). The van der Waals surface area contributed by atoms with Crippen LogP contribution in [0.15, 0.2) is 16.9 Å². The Morgan fingerprint density at radius 2 is 1.85 bits per heavy atom. The number of non-ortho nitro benzene ring substituents is 1. The van der Waals surface area contributed by atoms with Gasteiger partial charge < -0.3 is 4.90 Å². The molecule has 2 atom stereocenters. The molecule has 2 aromatic rings. The van der Waals surface area contributed by atoms with E-state index >= 15 is 0 Å². The van der Waals surface area contributed by atoms with Crippen molar-refractivity contribution in [2.45, 2.75) is 44.8 Å². The van der Waals surface area contributed by atoms with E-state index in [-0.39, 0.29) is 10.1 Å². The van der Waals surface area contributed by atoms with Crippen LogP contribution in [0.3, 0.4) is 0 Å². The van der Waals surface area contributed by atoms with Crippen molar-refractivity contribution in [3.63, 3.8) is 0 Å². The maximum absolute atomic E-state index is 13.2. The Morgan fingerprint density at radius 1 is 1.18 bits per heavy atom. The van der Waals surface area contributed by atoms with Crippen LogP contribution >= 0.6 is 11.3 Å². The molecule has 1 saturated carbocycles. The van der Waals surface area contributed by atoms with E-state index in [1.165, 1.54) is 19.3 Å². The minimum Gasteiger partial charge on any atom is -0.345 e. The van der Waals surface area contributed by atoms with Crippen molar-refractivity contribution in [2.75, 3.05) is 38.1 Å². The largest absolute Gasteiger partial charge is 0.416 e. The van der Waals surface area contributed by atoms with Gasteiger partial charge in [-0.3, -0.25) is 14.9 Å². The van der Waals surface area contributed by atoms with Crippen LogP contribution in [-0.4, -0.2) is 59.2 Å². The molecular weight excluding hydrogens is 459 g/mol. The van der Waals surface area contributed by atoms with Crippen molar-refractivity contribution in [1.82, 2.24) is 15.0 Å². The normalized spacial score (nSPS) is 22.8. The quantitative estimate of drug-likeness (QED) is 0.476. The van der Waals surface area contributed by atoms with E-state index in [0.29, 0.717) is 55.4 Å². The van der Waals surface area contributed by atoms with Gasteiger partial charge in [-0.1, -0.05) is 31.1 Å². The van der Waals surface area contributed by atoms with Gasteiger partial charge in [-0.05, 0) is 24.8 Å². The molecule has 1 saturated heterocycles. The fourth-order valence-corrected chi connectivity index (χ4v) is 5.96. The predicted octanol–water partition coefficient (Wildman–Crippen LogP) is 4.13. The Labute approximate surface area is 192 Å². The lowest BCUT2D eigenvalue weighted by Gasteiger charge is -2.45. The Hall–Kier alpha value is -2.31.